The molecule has 136 valence electrons. The van der Waals surface area contributed by atoms with Gasteiger partial charge in [-0.05, 0) is 42.6 Å². The van der Waals surface area contributed by atoms with Crippen molar-refractivity contribution in [3.63, 3.8) is 0 Å². The maximum Gasteiger partial charge on any atom is 0.433 e. The lowest BCUT2D eigenvalue weighted by atomic mass is 10.1. The van der Waals surface area contributed by atoms with Gasteiger partial charge in [0, 0.05) is 0 Å². The highest BCUT2D eigenvalue weighted by molar-refractivity contribution is 7.80. The Hall–Kier alpha value is -3.86. The van der Waals surface area contributed by atoms with Gasteiger partial charge in [0.25, 0.3) is 11.8 Å². The zero-order valence-corrected chi connectivity index (χ0v) is 14.1. The summed E-state index contributed by atoms with van der Waals surface area (Å²) >= 11 is 5.01. The second-order valence-corrected chi connectivity index (χ2v) is 5.63. The first kappa shape index (κ1) is 17.9. The monoisotopic (exact) mass is 387 g/mol. The standard InChI is InChI=1S/C16H9N3O7S/c20-13-11(7-10-4-5-12(26-10)19(24)25)14(21)18(16(27)17-13)9-3-1-2-8(6-9)15(22)23/h1-7H,(H,22,23)(H,17,20,27). The Bertz CT molecular complexity index is 1040. The summed E-state index contributed by atoms with van der Waals surface area (Å²) in [5.41, 5.74) is -0.318. The lowest BCUT2D eigenvalue weighted by molar-refractivity contribution is -0.402. The number of carbonyl (C=O) groups excluding carboxylic acids is 2. The SMILES string of the molecule is O=C1NC(=S)N(c2cccc(C(=O)O)c2)C(=O)C1=Cc1ccc([N+](=O)[O-])o1. The van der Waals surface area contributed by atoms with Crippen molar-refractivity contribution < 1.29 is 28.8 Å². The van der Waals surface area contributed by atoms with Crippen LogP contribution in [0.2, 0.25) is 0 Å². The van der Waals surface area contributed by atoms with Crippen molar-refractivity contribution in [3.05, 3.63) is 63.4 Å². The molecule has 1 aliphatic heterocycles. The second-order valence-electron chi connectivity index (χ2n) is 5.25. The minimum Gasteiger partial charge on any atom is -0.478 e. The number of benzene rings is 1. The van der Waals surface area contributed by atoms with Crippen LogP contribution in [0.3, 0.4) is 0 Å². The van der Waals surface area contributed by atoms with Crippen molar-refractivity contribution in [2.75, 3.05) is 4.90 Å². The molecule has 1 saturated heterocycles. The lowest BCUT2D eigenvalue weighted by Crippen LogP contribution is -2.54. The van der Waals surface area contributed by atoms with Crippen LogP contribution >= 0.6 is 12.2 Å². The van der Waals surface area contributed by atoms with E-state index in [2.05, 4.69) is 5.32 Å². The van der Waals surface area contributed by atoms with Crippen LogP contribution in [0, 0.1) is 10.1 Å². The maximum absolute atomic E-state index is 12.8. The Kier molecular flexibility index (Phi) is 4.52. The number of nitrogens with one attached hydrogen (secondary N) is 1. The third kappa shape index (κ3) is 3.43. The normalized spacial score (nSPS) is 15.8. The van der Waals surface area contributed by atoms with Crippen molar-refractivity contribution in [2.45, 2.75) is 0 Å². The minimum absolute atomic E-state index is 0.0766. The molecule has 1 aromatic heterocycles. The van der Waals surface area contributed by atoms with Crippen molar-refractivity contribution in [3.8, 4) is 0 Å². The molecule has 0 radical (unpaired) electrons. The van der Waals surface area contributed by atoms with E-state index < -0.39 is 28.6 Å². The fourth-order valence-corrected chi connectivity index (χ4v) is 2.61. The molecule has 2 heterocycles. The van der Waals surface area contributed by atoms with Gasteiger partial charge in [-0.2, -0.15) is 0 Å². The fraction of sp³-hybridized carbons (Fsp3) is 0. The average Bonchev–Trinajstić information content (AvgIpc) is 3.08. The first-order valence-electron chi connectivity index (χ1n) is 7.27. The topological polar surface area (TPSA) is 143 Å². The number of aromatic carboxylic acids is 1. The van der Waals surface area contributed by atoms with Gasteiger partial charge in [0.05, 0.1) is 17.3 Å². The second kappa shape index (κ2) is 6.80. The van der Waals surface area contributed by atoms with E-state index in [-0.39, 0.29) is 27.7 Å². The van der Waals surface area contributed by atoms with Crippen LogP contribution in [0.5, 0.6) is 0 Å². The van der Waals surface area contributed by atoms with Crippen LogP contribution in [0.15, 0.2) is 46.4 Å². The molecule has 0 aliphatic carbocycles. The molecule has 1 fully saturated rings. The number of carbonyl (C=O) groups is 3. The largest absolute Gasteiger partial charge is 0.478 e. The number of nitrogens with zero attached hydrogens (tertiary/aromatic N) is 2. The Labute approximate surface area is 155 Å². The van der Waals surface area contributed by atoms with Crippen LogP contribution in [0.4, 0.5) is 11.6 Å². The van der Waals surface area contributed by atoms with Crippen LogP contribution < -0.4 is 10.2 Å². The molecule has 1 aromatic carbocycles. The highest BCUT2D eigenvalue weighted by atomic mass is 32.1. The van der Waals surface area contributed by atoms with Gasteiger partial charge in [0.15, 0.2) is 5.11 Å². The summed E-state index contributed by atoms with van der Waals surface area (Å²) in [6.45, 7) is 0. The summed E-state index contributed by atoms with van der Waals surface area (Å²) < 4.78 is 4.93. The van der Waals surface area contributed by atoms with Crippen molar-refractivity contribution in [1.82, 2.24) is 5.32 Å². The quantitative estimate of drug-likeness (QED) is 0.265. The van der Waals surface area contributed by atoms with Gasteiger partial charge in [-0.15, -0.1) is 0 Å². The summed E-state index contributed by atoms with van der Waals surface area (Å²) in [5.74, 6) is -3.46. The minimum atomic E-state index is -1.20. The number of thiocarbonyl (C=S) groups is 1. The van der Waals surface area contributed by atoms with Gasteiger partial charge >= 0.3 is 11.9 Å². The Morgan fingerprint density at radius 2 is 2.04 bits per heavy atom. The molecule has 3 rings (SSSR count). The van der Waals surface area contributed by atoms with Crippen molar-refractivity contribution in [1.29, 1.82) is 0 Å². The predicted octanol–water partition coefficient (Wildman–Crippen LogP) is 1.72. The molecule has 10 nitrogen and oxygen atoms in total. The smallest absolute Gasteiger partial charge is 0.433 e. The summed E-state index contributed by atoms with van der Waals surface area (Å²) in [6, 6.07) is 7.73. The maximum atomic E-state index is 12.8. The van der Waals surface area contributed by atoms with E-state index in [1.165, 1.54) is 30.3 Å². The van der Waals surface area contributed by atoms with Crippen LogP contribution in [-0.2, 0) is 9.59 Å². The molecule has 0 bridgehead atoms. The summed E-state index contributed by atoms with van der Waals surface area (Å²) in [4.78, 5) is 46.9. The number of hydrogen-bond donors (Lipinski definition) is 2. The summed E-state index contributed by atoms with van der Waals surface area (Å²) in [5, 5.41) is 21.9. The molecule has 1 aliphatic rings. The van der Waals surface area contributed by atoms with E-state index in [0.717, 1.165) is 17.0 Å². The van der Waals surface area contributed by atoms with Crippen LogP contribution in [0.25, 0.3) is 6.08 Å². The molecule has 0 atom stereocenters. The molecule has 2 amide bonds. The Balaban J connectivity index is 2.01. The third-order valence-electron chi connectivity index (χ3n) is 3.53. The Morgan fingerprint density at radius 3 is 2.67 bits per heavy atom. The number of carboxylic acid groups (broad SMARTS) is 1. The number of furan rings is 1. The van der Waals surface area contributed by atoms with Gasteiger partial charge in [-0.3, -0.25) is 29.9 Å². The predicted molar refractivity (Wildman–Crippen MR) is 95.0 cm³/mol. The van der Waals surface area contributed by atoms with Crippen molar-refractivity contribution in [2.24, 2.45) is 0 Å². The molecular formula is C16H9N3O7S. The molecule has 0 saturated carbocycles. The highest BCUT2D eigenvalue weighted by Crippen LogP contribution is 2.24. The van der Waals surface area contributed by atoms with Crippen LogP contribution in [0.1, 0.15) is 16.1 Å². The fourth-order valence-electron chi connectivity index (χ4n) is 2.33. The third-order valence-corrected chi connectivity index (χ3v) is 3.82. The first-order chi connectivity index (χ1) is 12.8. The van der Waals surface area contributed by atoms with Crippen molar-refractivity contribution >= 4 is 52.8 Å². The van der Waals surface area contributed by atoms with Gasteiger partial charge in [0.2, 0.25) is 0 Å². The summed E-state index contributed by atoms with van der Waals surface area (Å²) in [7, 11) is 0. The highest BCUT2D eigenvalue weighted by Gasteiger charge is 2.35. The number of anilines is 1. The first-order valence-corrected chi connectivity index (χ1v) is 7.68. The molecule has 27 heavy (non-hydrogen) atoms. The van der Waals surface area contributed by atoms with E-state index in [0.29, 0.717) is 0 Å². The zero-order valence-electron chi connectivity index (χ0n) is 13.2. The average molecular weight is 387 g/mol. The number of rotatable bonds is 4. The molecule has 11 heteroatoms. The molecule has 2 N–H and O–H groups in total. The number of hydrogen-bond acceptors (Lipinski definition) is 7. The zero-order chi connectivity index (χ0) is 19.7. The molecule has 2 aromatic rings. The van der Waals surface area contributed by atoms with E-state index in [4.69, 9.17) is 21.7 Å². The number of nitro groups is 1. The van der Waals surface area contributed by atoms with Crippen LogP contribution in [-0.4, -0.2) is 32.9 Å². The van der Waals surface area contributed by atoms with Gasteiger partial charge in [-0.1, -0.05) is 6.07 Å². The van der Waals surface area contributed by atoms with E-state index >= 15 is 0 Å². The van der Waals surface area contributed by atoms with E-state index in [1.54, 1.807) is 0 Å². The van der Waals surface area contributed by atoms with Gasteiger partial charge in [-0.25, -0.2) is 4.79 Å². The van der Waals surface area contributed by atoms with E-state index in [9.17, 15) is 24.5 Å². The van der Waals surface area contributed by atoms with Gasteiger partial charge in [0.1, 0.15) is 16.3 Å². The van der Waals surface area contributed by atoms with E-state index in [1.807, 2.05) is 0 Å². The Morgan fingerprint density at radius 1 is 1.30 bits per heavy atom. The molecule has 0 unspecified atom stereocenters. The molecular weight excluding hydrogens is 378 g/mol. The van der Waals surface area contributed by atoms with Gasteiger partial charge < -0.3 is 9.52 Å². The lowest BCUT2D eigenvalue weighted by Gasteiger charge is -2.28. The molecule has 0 spiro atoms. The summed E-state index contributed by atoms with van der Waals surface area (Å²) in [6.07, 6.45) is 1.04. The number of amides is 2. The number of carboxylic acids is 1.